The lowest BCUT2D eigenvalue weighted by Crippen LogP contribution is -2.68. The number of carbonyl (C=O) groups is 6. The van der Waals surface area contributed by atoms with E-state index in [9.17, 15) is 44.1 Å². The number of amides is 3. The Morgan fingerprint density at radius 2 is 1.31 bits per heavy atom. The molecule has 0 bridgehead atoms. The summed E-state index contributed by atoms with van der Waals surface area (Å²) in [6.07, 6.45) is -0.598. The monoisotopic (exact) mass is 460 g/mol. The highest BCUT2D eigenvalue weighted by Gasteiger charge is 2.24. The lowest BCUT2D eigenvalue weighted by atomic mass is 10.0. The van der Waals surface area contributed by atoms with Crippen LogP contribution in [0.5, 0.6) is 0 Å². The molecule has 5 atom stereocenters. The van der Waals surface area contributed by atoms with Gasteiger partial charge in [0.15, 0.2) is 6.04 Å². The number of nitrogens with one attached hydrogen (secondary N) is 3. The summed E-state index contributed by atoms with van der Waals surface area (Å²) in [6.45, 7) is 2.60. The van der Waals surface area contributed by atoms with Crippen LogP contribution >= 0.6 is 0 Å². The third kappa shape index (κ3) is 11.2. The van der Waals surface area contributed by atoms with E-state index in [-0.39, 0.29) is 25.7 Å². The normalized spacial score (nSPS) is 15.4. The maximum Gasteiger partial charge on any atom is 0.278 e. The molecule has 0 fully saturated rings. The highest BCUT2D eigenvalue weighted by atomic mass is 16.4. The molecular weight excluding hydrogens is 430 g/mol. The van der Waals surface area contributed by atoms with Gasteiger partial charge in [0.1, 0.15) is 12.1 Å². The second kappa shape index (κ2) is 13.9. The van der Waals surface area contributed by atoms with Crippen LogP contribution in [0.2, 0.25) is 0 Å². The van der Waals surface area contributed by atoms with Crippen molar-refractivity contribution in [3.05, 3.63) is 0 Å². The van der Waals surface area contributed by atoms with Crippen LogP contribution in [-0.4, -0.2) is 65.8 Å². The van der Waals surface area contributed by atoms with E-state index < -0.39 is 72.3 Å². The summed E-state index contributed by atoms with van der Waals surface area (Å²) in [5, 5.41) is 39.4. The van der Waals surface area contributed by atoms with Crippen molar-refractivity contribution < 1.29 is 55.6 Å². The summed E-state index contributed by atoms with van der Waals surface area (Å²) >= 11 is 0. The van der Waals surface area contributed by atoms with Crippen LogP contribution in [0.25, 0.3) is 0 Å². The Morgan fingerprint density at radius 1 is 0.719 bits per heavy atom. The molecular formula is C18H30N5O9-. The first-order chi connectivity index (χ1) is 14.8. The van der Waals surface area contributed by atoms with Crippen molar-refractivity contribution in [1.29, 1.82) is 0 Å². The van der Waals surface area contributed by atoms with Gasteiger partial charge in [0, 0.05) is 12.8 Å². The fourth-order valence-electron chi connectivity index (χ4n) is 2.43. The average Bonchev–Trinajstić information content (AvgIpc) is 2.69. The number of aliphatic carboxylic acids is 3. The molecule has 0 saturated carbocycles. The Hall–Kier alpha value is -3.26. The highest BCUT2D eigenvalue weighted by molar-refractivity contribution is 5.90. The Labute approximate surface area is 184 Å². The number of rotatable bonds is 15. The van der Waals surface area contributed by atoms with Gasteiger partial charge in [-0.3, -0.25) is 14.4 Å². The van der Waals surface area contributed by atoms with E-state index in [1.807, 2.05) is 0 Å². The molecule has 0 spiro atoms. The molecule has 0 aliphatic heterocycles. The molecule has 9 N–H and O–H groups in total. The second-order valence-electron chi connectivity index (χ2n) is 7.44. The lowest BCUT2D eigenvalue weighted by molar-refractivity contribution is -0.438. The van der Waals surface area contributed by atoms with Crippen molar-refractivity contribution in [2.45, 2.75) is 76.2 Å². The average molecular weight is 460 g/mol. The van der Waals surface area contributed by atoms with E-state index in [2.05, 4.69) is 27.4 Å². The van der Waals surface area contributed by atoms with Crippen LogP contribution in [0.1, 0.15) is 46.0 Å². The SMILES string of the molecule is C[C@H]([NH3+])C(=O)N[C@H](CCC(=O)N[C@H](CCC[C@H]([NH3+])C(=O)[O-])C(=O)N[C@H](C)C(=O)[O-])C(=O)[O-]. The number of hydrogen-bond acceptors (Lipinski definition) is 9. The van der Waals surface area contributed by atoms with Crippen molar-refractivity contribution in [1.82, 2.24) is 16.0 Å². The molecule has 14 heteroatoms. The van der Waals surface area contributed by atoms with Gasteiger partial charge in [-0.15, -0.1) is 0 Å². The maximum atomic E-state index is 12.3. The number of carbonyl (C=O) groups excluding carboxylic acids is 6. The zero-order valence-corrected chi connectivity index (χ0v) is 18.0. The summed E-state index contributed by atoms with van der Waals surface area (Å²) in [5.74, 6) is -6.78. The minimum atomic E-state index is -1.60. The number of carboxylic acids is 3. The van der Waals surface area contributed by atoms with Crippen molar-refractivity contribution in [3.63, 3.8) is 0 Å². The summed E-state index contributed by atoms with van der Waals surface area (Å²) in [6, 6.07) is -5.82. The van der Waals surface area contributed by atoms with Gasteiger partial charge in [-0.2, -0.15) is 0 Å². The Bertz CT molecular complexity index is 713. The number of carboxylic acid groups (broad SMARTS) is 3. The minimum absolute atomic E-state index is 0.0417. The number of quaternary nitrogens is 2. The van der Waals surface area contributed by atoms with E-state index in [1.54, 1.807) is 0 Å². The molecule has 3 amide bonds. The number of hydrogen-bond donors (Lipinski definition) is 5. The first kappa shape index (κ1) is 28.7. The molecule has 0 aliphatic rings. The molecule has 32 heavy (non-hydrogen) atoms. The summed E-state index contributed by atoms with van der Waals surface area (Å²) in [7, 11) is 0. The Morgan fingerprint density at radius 3 is 1.78 bits per heavy atom. The topological polar surface area (TPSA) is 263 Å². The van der Waals surface area contributed by atoms with E-state index >= 15 is 0 Å². The molecule has 0 aromatic carbocycles. The zero-order valence-electron chi connectivity index (χ0n) is 18.0. The predicted molar refractivity (Wildman–Crippen MR) is 98.6 cm³/mol. The largest absolute Gasteiger partial charge is 0.548 e. The molecule has 0 heterocycles. The van der Waals surface area contributed by atoms with Gasteiger partial charge in [-0.1, -0.05) is 0 Å². The molecule has 14 nitrogen and oxygen atoms in total. The molecule has 0 rings (SSSR count). The van der Waals surface area contributed by atoms with E-state index in [0.717, 1.165) is 6.92 Å². The van der Waals surface area contributed by atoms with Crippen LogP contribution in [0.15, 0.2) is 0 Å². The van der Waals surface area contributed by atoms with E-state index in [0.29, 0.717) is 0 Å². The van der Waals surface area contributed by atoms with Gasteiger partial charge in [-0.25, -0.2) is 0 Å². The van der Waals surface area contributed by atoms with Crippen LogP contribution in [0.3, 0.4) is 0 Å². The molecule has 182 valence electrons. The second-order valence-corrected chi connectivity index (χ2v) is 7.44. The first-order valence-corrected chi connectivity index (χ1v) is 9.95. The van der Waals surface area contributed by atoms with Crippen LogP contribution in [0.4, 0.5) is 0 Å². The maximum absolute atomic E-state index is 12.3. The van der Waals surface area contributed by atoms with Crippen molar-refractivity contribution >= 4 is 35.6 Å². The third-order valence-corrected chi connectivity index (χ3v) is 4.45. The van der Waals surface area contributed by atoms with Gasteiger partial charge < -0.3 is 57.1 Å². The Kier molecular flexibility index (Phi) is 12.5. The zero-order chi connectivity index (χ0) is 25.0. The van der Waals surface area contributed by atoms with Gasteiger partial charge in [0.2, 0.25) is 11.8 Å². The van der Waals surface area contributed by atoms with E-state index in [1.165, 1.54) is 6.92 Å². The molecule has 0 aromatic rings. The van der Waals surface area contributed by atoms with Crippen LogP contribution in [-0.2, 0) is 28.8 Å². The van der Waals surface area contributed by atoms with Gasteiger partial charge in [0.05, 0.1) is 30.0 Å². The van der Waals surface area contributed by atoms with Gasteiger partial charge in [-0.05, 0) is 33.1 Å². The fourth-order valence-corrected chi connectivity index (χ4v) is 2.43. The summed E-state index contributed by atoms with van der Waals surface area (Å²) in [5.41, 5.74) is 6.83. The molecule has 0 saturated heterocycles. The fraction of sp³-hybridized carbons (Fsp3) is 0.667. The molecule has 0 aliphatic carbocycles. The van der Waals surface area contributed by atoms with Crippen molar-refractivity contribution in [2.75, 3.05) is 0 Å². The van der Waals surface area contributed by atoms with E-state index in [4.69, 9.17) is 0 Å². The first-order valence-electron chi connectivity index (χ1n) is 9.95. The summed E-state index contributed by atoms with van der Waals surface area (Å²) < 4.78 is 0. The smallest absolute Gasteiger partial charge is 0.278 e. The van der Waals surface area contributed by atoms with Crippen molar-refractivity contribution in [2.24, 2.45) is 0 Å². The van der Waals surface area contributed by atoms with Crippen molar-refractivity contribution in [3.8, 4) is 0 Å². The lowest BCUT2D eigenvalue weighted by Gasteiger charge is -2.23. The third-order valence-electron chi connectivity index (χ3n) is 4.45. The minimum Gasteiger partial charge on any atom is -0.548 e. The highest BCUT2D eigenvalue weighted by Crippen LogP contribution is 2.06. The quantitative estimate of drug-likeness (QED) is 0.155. The van der Waals surface area contributed by atoms with Gasteiger partial charge >= 0.3 is 0 Å². The molecule has 0 radical (unpaired) electrons. The standard InChI is InChI=1S/C18H31N5O9/c1-8(19)14(25)23-12(18(31)32)6-7-13(24)22-11(5-3-4-10(20)17(29)30)15(26)21-9(2)16(27)28/h8-12H,3-7,19-20H2,1-2H3,(H,21,26)(H,22,24)(H,23,25)(H,27,28)(H,29,30)(H,31,32)/p-1/t8-,9+,10-,11+,12+/m0/s1. The predicted octanol–water partition coefficient (Wildman–Crippen LogP) is -8.10. The molecule has 0 aromatic heterocycles. The molecule has 0 unspecified atom stereocenters. The van der Waals surface area contributed by atoms with Crippen LogP contribution < -0.4 is 42.7 Å². The van der Waals surface area contributed by atoms with Crippen LogP contribution in [0, 0.1) is 0 Å². The summed E-state index contributed by atoms with van der Waals surface area (Å²) in [4.78, 5) is 69.0. The Balaban J connectivity index is 5.05. The van der Waals surface area contributed by atoms with Gasteiger partial charge in [0.25, 0.3) is 5.91 Å².